The highest BCUT2D eigenvalue weighted by Gasteiger charge is 2.04. The maximum absolute atomic E-state index is 11.4. The summed E-state index contributed by atoms with van der Waals surface area (Å²) in [6.07, 6.45) is 0.532. The van der Waals surface area contributed by atoms with E-state index < -0.39 is 0 Å². The maximum atomic E-state index is 11.4. The van der Waals surface area contributed by atoms with Gasteiger partial charge < -0.3 is 4.74 Å². The van der Waals surface area contributed by atoms with Crippen LogP contribution in [0.15, 0.2) is 17.5 Å². The number of carbonyl (C=O) groups excluding carboxylic acids is 1. The van der Waals surface area contributed by atoms with Crippen LogP contribution in [0.2, 0.25) is 0 Å². The first-order valence-electron chi connectivity index (χ1n) is 4.11. The van der Waals surface area contributed by atoms with Crippen molar-refractivity contribution in [3.8, 4) is 0 Å². The fourth-order valence-corrected chi connectivity index (χ4v) is 1.63. The number of Topliss-reactive ketones (excluding diaryl/α,β-unsaturated/α-hetero) is 1. The Labute approximate surface area is 93.9 Å². The summed E-state index contributed by atoms with van der Waals surface area (Å²) in [5.41, 5.74) is 0. The molecule has 0 aliphatic rings. The van der Waals surface area contributed by atoms with Gasteiger partial charge in [0, 0.05) is 20.1 Å². The molecule has 1 N–H and O–H groups in total. The van der Waals surface area contributed by atoms with E-state index in [1.54, 1.807) is 7.11 Å². The third-order valence-electron chi connectivity index (χ3n) is 1.57. The van der Waals surface area contributed by atoms with Crippen LogP contribution in [0.3, 0.4) is 0 Å². The lowest BCUT2D eigenvalue weighted by Gasteiger charge is -2.00. The predicted molar refractivity (Wildman–Crippen MR) is 60.4 cm³/mol. The second-order valence-electron chi connectivity index (χ2n) is 2.58. The average molecular weight is 236 g/mol. The normalized spacial score (nSPS) is 9.50. The number of rotatable bonds is 6. The molecular formula is C9H14ClNO2S. The van der Waals surface area contributed by atoms with Crippen LogP contribution in [0, 0.1) is 0 Å². The van der Waals surface area contributed by atoms with Gasteiger partial charge >= 0.3 is 0 Å². The van der Waals surface area contributed by atoms with Crippen LogP contribution < -0.4 is 5.32 Å². The second kappa shape index (κ2) is 7.94. The number of ketones is 1. The summed E-state index contributed by atoms with van der Waals surface area (Å²) in [5.74, 6) is 0.193. The van der Waals surface area contributed by atoms with Gasteiger partial charge in [-0.2, -0.15) is 0 Å². The van der Waals surface area contributed by atoms with Gasteiger partial charge in [-0.25, -0.2) is 0 Å². The van der Waals surface area contributed by atoms with Gasteiger partial charge in [-0.05, 0) is 11.4 Å². The molecule has 14 heavy (non-hydrogen) atoms. The molecule has 0 spiro atoms. The van der Waals surface area contributed by atoms with E-state index in [9.17, 15) is 4.79 Å². The molecule has 0 saturated heterocycles. The van der Waals surface area contributed by atoms with E-state index in [0.717, 1.165) is 4.88 Å². The molecule has 0 unspecified atom stereocenters. The number of hydrogen-bond acceptors (Lipinski definition) is 4. The minimum absolute atomic E-state index is 0. The summed E-state index contributed by atoms with van der Waals surface area (Å²) in [4.78, 5) is 12.2. The van der Waals surface area contributed by atoms with Crippen molar-refractivity contribution in [1.82, 2.24) is 5.32 Å². The smallest absolute Gasteiger partial charge is 0.174 e. The summed E-state index contributed by atoms with van der Waals surface area (Å²) >= 11 is 1.49. The molecule has 1 heterocycles. The van der Waals surface area contributed by atoms with Crippen molar-refractivity contribution in [2.75, 3.05) is 20.4 Å². The Hall–Kier alpha value is -0.420. The molecule has 5 heteroatoms. The number of nitrogens with one attached hydrogen (secondary N) is 1. The van der Waals surface area contributed by atoms with Crippen molar-refractivity contribution in [3.05, 3.63) is 22.4 Å². The number of carbonyl (C=O) groups is 1. The zero-order valence-electron chi connectivity index (χ0n) is 7.99. The number of hydrogen-bond donors (Lipinski definition) is 1. The number of ether oxygens (including phenoxy) is 1. The highest BCUT2D eigenvalue weighted by atomic mass is 35.5. The predicted octanol–water partition coefficient (Wildman–Crippen LogP) is 1.94. The van der Waals surface area contributed by atoms with Gasteiger partial charge in [-0.15, -0.1) is 23.7 Å². The second-order valence-corrected chi connectivity index (χ2v) is 3.53. The van der Waals surface area contributed by atoms with Crippen LogP contribution in [0.5, 0.6) is 0 Å². The Balaban J connectivity index is 0.00000169. The molecule has 0 bridgehead atoms. The lowest BCUT2D eigenvalue weighted by molar-refractivity contribution is 0.0980. The van der Waals surface area contributed by atoms with Gasteiger partial charge in [0.1, 0.15) is 0 Å². The van der Waals surface area contributed by atoms with Crippen LogP contribution in [0.1, 0.15) is 16.1 Å². The van der Waals surface area contributed by atoms with Crippen LogP contribution in [-0.2, 0) is 4.74 Å². The number of thiophene rings is 1. The molecular weight excluding hydrogens is 222 g/mol. The molecule has 0 radical (unpaired) electrons. The quantitative estimate of drug-likeness (QED) is 0.465. The van der Waals surface area contributed by atoms with E-state index >= 15 is 0 Å². The Morgan fingerprint density at radius 1 is 1.64 bits per heavy atom. The third kappa shape index (κ3) is 4.72. The third-order valence-corrected chi connectivity index (χ3v) is 2.48. The first kappa shape index (κ1) is 13.6. The molecule has 0 atom stereocenters. The molecule has 1 aromatic heterocycles. The molecule has 0 aromatic carbocycles. The van der Waals surface area contributed by atoms with Crippen molar-refractivity contribution in [3.63, 3.8) is 0 Å². The first-order valence-corrected chi connectivity index (χ1v) is 4.99. The van der Waals surface area contributed by atoms with Crippen LogP contribution in [-0.4, -0.2) is 26.2 Å². The molecule has 0 aliphatic carbocycles. The Morgan fingerprint density at radius 3 is 3.00 bits per heavy atom. The van der Waals surface area contributed by atoms with Gasteiger partial charge in [-0.1, -0.05) is 6.07 Å². The summed E-state index contributed by atoms with van der Waals surface area (Å²) in [7, 11) is 1.62. The number of methoxy groups -OCH3 is 1. The van der Waals surface area contributed by atoms with E-state index in [1.807, 2.05) is 17.5 Å². The molecule has 3 nitrogen and oxygen atoms in total. The monoisotopic (exact) mass is 235 g/mol. The standard InChI is InChI=1S/C9H13NO2S.ClH/c1-12-7-10-5-4-8(11)9-3-2-6-13-9;/h2-3,6,10H,4-5,7H2,1H3;1H. The van der Waals surface area contributed by atoms with Gasteiger partial charge in [0.15, 0.2) is 5.78 Å². The topological polar surface area (TPSA) is 38.3 Å². The minimum Gasteiger partial charge on any atom is -0.370 e. The largest absolute Gasteiger partial charge is 0.370 e. The minimum atomic E-state index is 0. The summed E-state index contributed by atoms with van der Waals surface area (Å²) in [6.45, 7) is 1.17. The van der Waals surface area contributed by atoms with Crippen LogP contribution in [0.25, 0.3) is 0 Å². The van der Waals surface area contributed by atoms with Gasteiger partial charge in [-0.3, -0.25) is 10.1 Å². The lowest BCUT2D eigenvalue weighted by atomic mass is 10.2. The van der Waals surface area contributed by atoms with E-state index in [-0.39, 0.29) is 18.2 Å². The summed E-state index contributed by atoms with van der Waals surface area (Å²) in [6, 6.07) is 3.74. The molecule has 1 aromatic rings. The first-order chi connectivity index (χ1) is 6.34. The molecule has 80 valence electrons. The fourth-order valence-electron chi connectivity index (χ4n) is 0.937. The van der Waals surface area contributed by atoms with E-state index in [4.69, 9.17) is 4.74 Å². The van der Waals surface area contributed by atoms with Gasteiger partial charge in [0.25, 0.3) is 0 Å². The highest BCUT2D eigenvalue weighted by Crippen LogP contribution is 2.10. The van der Waals surface area contributed by atoms with Crippen molar-refractivity contribution in [1.29, 1.82) is 0 Å². The average Bonchev–Trinajstić information content (AvgIpc) is 2.65. The van der Waals surface area contributed by atoms with Crippen molar-refractivity contribution in [2.24, 2.45) is 0 Å². The Morgan fingerprint density at radius 2 is 2.43 bits per heavy atom. The fraction of sp³-hybridized carbons (Fsp3) is 0.444. The van der Waals surface area contributed by atoms with E-state index in [2.05, 4.69) is 5.32 Å². The van der Waals surface area contributed by atoms with E-state index in [0.29, 0.717) is 19.7 Å². The molecule has 0 aliphatic heterocycles. The maximum Gasteiger partial charge on any atom is 0.174 e. The van der Waals surface area contributed by atoms with Crippen molar-refractivity contribution >= 4 is 29.5 Å². The zero-order valence-corrected chi connectivity index (χ0v) is 9.62. The molecule has 0 saturated carbocycles. The Kier molecular flexibility index (Phi) is 7.70. The summed E-state index contributed by atoms with van der Waals surface area (Å²) < 4.78 is 4.79. The lowest BCUT2D eigenvalue weighted by Crippen LogP contribution is -2.20. The Bertz CT molecular complexity index is 251. The molecule has 0 amide bonds. The van der Waals surface area contributed by atoms with Gasteiger partial charge in [0.05, 0.1) is 11.6 Å². The van der Waals surface area contributed by atoms with Crippen LogP contribution in [0.4, 0.5) is 0 Å². The van der Waals surface area contributed by atoms with Gasteiger partial charge in [0.2, 0.25) is 0 Å². The highest BCUT2D eigenvalue weighted by molar-refractivity contribution is 7.12. The SMILES string of the molecule is COCNCCC(=O)c1cccs1.Cl. The van der Waals surface area contributed by atoms with Crippen molar-refractivity contribution in [2.45, 2.75) is 6.42 Å². The van der Waals surface area contributed by atoms with Crippen LogP contribution >= 0.6 is 23.7 Å². The molecule has 1 rings (SSSR count). The van der Waals surface area contributed by atoms with Crippen molar-refractivity contribution < 1.29 is 9.53 Å². The molecule has 0 fully saturated rings. The number of halogens is 1. The zero-order chi connectivity index (χ0) is 9.52. The van der Waals surface area contributed by atoms with E-state index in [1.165, 1.54) is 11.3 Å². The summed E-state index contributed by atoms with van der Waals surface area (Å²) in [5, 5.41) is 4.90.